The molecule has 3 aromatic carbocycles. The second-order valence-electron chi connectivity index (χ2n) is 10.8. The molecule has 11 heteroatoms. The molecule has 6 rings (SSSR count). The molecule has 0 radical (unpaired) electrons. The molecule has 44 heavy (non-hydrogen) atoms. The van der Waals surface area contributed by atoms with E-state index in [1.807, 2.05) is 84.9 Å². The van der Waals surface area contributed by atoms with Crippen LogP contribution in [-0.4, -0.2) is 49.9 Å². The number of aliphatic hydroxyl groups excluding tert-OH is 1. The summed E-state index contributed by atoms with van der Waals surface area (Å²) in [5.41, 5.74) is -1.24. The fourth-order valence-electron chi connectivity index (χ4n) is 5.90. The number of methoxy groups -OCH3 is 1. The summed E-state index contributed by atoms with van der Waals surface area (Å²) < 4.78 is 43.6. The molecular formula is C33H31F2N5O4. The zero-order valence-corrected chi connectivity index (χ0v) is 24.1. The first-order valence-corrected chi connectivity index (χ1v) is 14.0. The Morgan fingerprint density at radius 3 is 2.18 bits per heavy atom. The Hall–Kier alpha value is -4.87. The molecule has 9 nitrogen and oxygen atoms in total. The van der Waals surface area contributed by atoms with E-state index in [0.717, 1.165) is 27.6 Å². The summed E-state index contributed by atoms with van der Waals surface area (Å²) in [6.07, 6.45) is 0.384. The first-order chi connectivity index (χ1) is 21.2. The molecule has 0 saturated carbocycles. The highest BCUT2D eigenvalue weighted by atomic mass is 19.3. The molecular weight excluding hydrogens is 568 g/mol. The Morgan fingerprint density at radius 1 is 1.07 bits per heavy atom. The number of H-pyrrole nitrogens is 1. The van der Waals surface area contributed by atoms with Gasteiger partial charge in [0, 0.05) is 0 Å². The van der Waals surface area contributed by atoms with E-state index in [1.165, 1.54) is 13.0 Å². The van der Waals surface area contributed by atoms with E-state index in [-0.39, 0.29) is 17.1 Å². The molecule has 3 N–H and O–H groups in total. The summed E-state index contributed by atoms with van der Waals surface area (Å²) in [6.45, 7) is 4.20. The lowest BCUT2D eigenvalue weighted by Gasteiger charge is -2.37. The molecule has 0 bridgehead atoms. The van der Waals surface area contributed by atoms with Crippen molar-refractivity contribution in [1.29, 1.82) is 0 Å². The van der Waals surface area contributed by atoms with E-state index >= 15 is 8.78 Å². The fourth-order valence-corrected chi connectivity index (χ4v) is 5.90. The highest BCUT2D eigenvalue weighted by molar-refractivity contribution is 5.72. The number of imidazole rings is 1. The van der Waals surface area contributed by atoms with E-state index in [0.29, 0.717) is 5.75 Å². The predicted octanol–water partition coefficient (Wildman–Crippen LogP) is 5.25. The zero-order valence-electron chi connectivity index (χ0n) is 24.1. The quantitative estimate of drug-likeness (QED) is 0.157. The lowest BCUT2D eigenvalue weighted by Crippen LogP contribution is -2.40. The van der Waals surface area contributed by atoms with Crippen LogP contribution in [0.2, 0.25) is 0 Å². The number of nitrogens with one attached hydrogen (secondary N) is 2. The number of fused-ring (bicyclic) bond motifs is 1. The number of aromatic amines is 1. The number of hydrogen-bond acceptors (Lipinski definition) is 7. The topological polar surface area (TPSA) is 114 Å². The number of alkyl halides is 2. The van der Waals surface area contributed by atoms with Gasteiger partial charge in [-0.05, 0) is 28.8 Å². The van der Waals surface area contributed by atoms with Gasteiger partial charge < -0.3 is 19.9 Å². The van der Waals surface area contributed by atoms with Crippen LogP contribution in [0.15, 0.2) is 109 Å². The highest BCUT2D eigenvalue weighted by Gasteiger charge is 2.64. The number of nitrogens with zero attached hydrogens (tertiary/aromatic N) is 3. The number of aromatic nitrogens is 4. The van der Waals surface area contributed by atoms with Crippen molar-refractivity contribution in [3.63, 3.8) is 0 Å². The van der Waals surface area contributed by atoms with Crippen molar-refractivity contribution >= 4 is 17.1 Å². The Kier molecular flexibility index (Phi) is 7.30. The smallest absolute Gasteiger partial charge is 0.298 e. The molecule has 3 heterocycles. The van der Waals surface area contributed by atoms with Gasteiger partial charge in [-0.2, -0.15) is 4.98 Å². The molecule has 3 atom stereocenters. The van der Waals surface area contributed by atoms with Gasteiger partial charge in [0.05, 0.1) is 26.0 Å². The largest absolute Gasteiger partial charge is 0.497 e. The Morgan fingerprint density at radius 2 is 1.66 bits per heavy atom. The molecule has 1 aliphatic heterocycles. The van der Waals surface area contributed by atoms with Crippen LogP contribution in [0.5, 0.6) is 5.75 Å². The number of benzene rings is 3. The summed E-state index contributed by atoms with van der Waals surface area (Å²) in [5.74, 6) is -4.20. The number of ether oxygens (including phenoxy) is 2. The fraction of sp³-hybridized carbons (Fsp3) is 0.242. The monoisotopic (exact) mass is 599 g/mol. The molecule has 0 amide bonds. The van der Waals surface area contributed by atoms with E-state index in [4.69, 9.17) is 9.47 Å². The minimum absolute atomic E-state index is 0.0132. The third kappa shape index (κ3) is 4.47. The third-order valence-corrected chi connectivity index (χ3v) is 8.49. The molecule has 0 unspecified atom stereocenters. The summed E-state index contributed by atoms with van der Waals surface area (Å²) in [5, 5.41) is 13.4. The summed E-state index contributed by atoms with van der Waals surface area (Å²) >= 11 is 0. The van der Waals surface area contributed by atoms with E-state index in [9.17, 15) is 9.90 Å². The summed E-state index contributed by atoms with van der Waals surface area (Å²) in [6, 6.07) is 26.7. The molecule has 0 spiro atoms. The first kappa shape index (κ1) is 29.2. The maximum atomic E-state index is 15.7. The minimum Gasteiger partial charge on any atom is -0.497 e. The molecule has 5 aromatic rings. The van der Waals surface area contributed by atoms with Gasteiger partial charge in [0.2, 0.25) is 12.2 Å². The number of halogens is 2. The summed E-state index contributed by atoms with van der Waals surface area (Å²) in [7, 11) is 1.58. The maximum absolute atomic E-state index is 15.7. The Bertz CT molecular complexity index is 1800. The first-order valence-electron chi connectivity index (χ1n) is 14.0. The SMILES string of the molecule is C=C[C@]1(CO)O[C@@H](n2cnc3c(=O)[nH]c(NC(c4ccccc4)(c4ccccc4)c4ccc(OC)cc4)nc32)C(F)(F)[C@@H]1C. The number of rotatable bonds is 9. The molecule has 1 saturated heterocycles. The van der Waals surface area contributed by atoms with E-state index in [2.05, 4.69) is 26.8 Å². The van der Waals surface area contributed by atoms with Gasteiger partial charge in [-0.1, -0.05) is 85.8 Å². The van der Waals surface area contributed by atoms with Crippen molar-refractivity contribution in [3.8, 4) is 5.75 Å². The van der Waals surface area contributed by atoms with Crippen molar-refractivity contribution in [2.24, 2.45) is 5.92 Å². The number of anilines is 1. The Balaban J connectivity index is 1.55. The van der Waals surface area contributed by atoms with Crippen LogP contribution in [-0.2, 0) is 10.3 Å². The van der Waals surface area contributed by atoms with Gasteiger partial charge in [0.25, 0.3) is 11.5 Å². The van der Waals surface area contributed by atoms with E-state index in [1.54, 1.807) is 7.11 Å². The average molecular weight is 600 g/mol. The van der Waals surface area contributed by atoms with Crippen LogP contribution in [0.25, 0.3) is 11.2 Å². The molecule has 226 valence electrons. The lowest BCUT2D eigenvalue weighted by atomic mass is 9.77. The minimum atomic E-state index is -3.46. The van der Waals surface area contributed by atoms with Gasteiger partial charge >= 0.3 is 0 Å². The van der Waals surface area contributed by atoms with Crippen molar-refractivity contribution in [1.82, 2.24) is 19.5 Å². The highest BCUT2D eigenvalue weighted by Crippen LogP contribution is 2.52. The van der Waals surface area contributed by atoms with Crippen LogP contribution in [0, 0.1) is 5.92 Å². The van der Waals surface area contributed by atoms with Crippen molar-refractivity contribution in [3.05, 3.63) is 131 Å². The van der Waals surface area contributed by atoms with Crippen molar-refractivity contribution in [2.45, 2.75) is 30.2 Å². The van der Waals surface area contributed by atoms with Crippen LogP contribution in [0.1, 0.15) is 29.8 Å². The van der Waals surface area contributed by atoms with Crippen molar-refractivity contribution < 1.29 is 23.4 Å². The molecule has 1 fully saturated rings. The standard InChI is InChI=1S/C33H31F2N5O4/c1-4-31(19-41)21(2)33(34,35)29(44-31)40-20-36-26-27(40)37-30(38-28(26)42)39-32(22-11-7-5-8-12-22,23-13-9-6-10-14-23)24-15-17-25(43-3)18-16-24/h4-18,20-21,29,41H,1,19H2,2-3H3,(H2,37,38,39,42)/t21-,29-,31-/m1/s1. The number of hydrogen-bond donors (Lipinski definition) is 3. The molecule has 1 aliphatic rings. The van der Waals surface area contributed by atoms with Crippen molar-refractivity contribution in [2.75, 3.05) is 19.0 Å². The van der Waals surface area contributed by atoms with Crippen LogP contribution >= 0.6 is 0 Å². The normalized spacial score (nSPS) is 21.3. The zero-order chi connectivity index (χ0) is 31.1. The molecule has 0 aliphatic carbocycles. The van der Waals surface area contributed by atoms with Gasteiger partial charge in [-0.15, -0.1) is 6.58 Å². The summed E-state index contributed by atoms with van der Waals surface area (Å²) in [4.78, 5) is 24.8. The lowest BCUT2D eigenvalue weighted by molar-refractivity contribution is -0.131. The van der Waals surface area contributed by atoms with Crippen LogP contribution < -0.4 is 15.6 Å². The van der Waals surface area contributed by atoms with Gasteiger partial charge in [0.15, 0.2) is 11.2 Å². The Labute approximate surface area is 251 Å². The van der Waals surface area contributed by atoms with Gasteiger partial charge in [-0.25, -0.2) is 13.8 Å². The van der Waals surface area contributed by atoms with Gasteiger partial charge in [-0.3, -0.25) is 14.3 Å². The predicted molar refractivity (Wildman–Crippen MR) is 162 cm³/mol. The van der Waals surface area contributed by atoms with Crippen LogP contribution in [0.3, 0.4) is 0 Å². The second-order valence-corrected chi connectivity index (χ2v) is 10.8. The maximum Gasteiger partial charge on any atom is 0.298 e. The molecule has 2 aromatic heterocycles. The van der Waals surface area contributed by atoms with Gasteiger partial charge in [0.1, 0.15) is 16.9 Å². The van der Waals surface area contributed by atoms with E-state index < -0.39 is 41.4 Å². The van der Waals surface area contributed by atoms with Crippen LogP contribution in [0.4, 0.5) is 14.7 Å². The number of aliphatic hydroxyl groups is 1. The second kappa shape index (κ2) is 11.0. The average Bonchev–Trinajstić information content (AvgIpc) is 3.57. The third-order valence-electron chi connectivity index (χ3n) is 8.49.